The molecule has 4 fully saturated rings. The zero-order valence-electron chi connectivity index (χ0n) is 23.5. The number of carbonyl (C=O) groups excluding carboxylic acids is 3. The number of carbonyl (C=O) groups is 3. The predicted molar refractivity (Wildman–Crippen MR) is 145 cm³/mol. The molecule has 1 N–H and O–H groups in total. The van der Waals surface area contributed by atoms with E-state index in [1.165, 1.54) is 4.90 Å². The third-order valence-corrected chi connectivity index (χ3v) is 8.94. The van der Waals surface area contributed by atoms with Crippen LogP contribution in [0.25, 0.3) is 0 Å². The Morgan fingerprint density at radius 1 is 1.23 bits per heavy atom. The molecule has 0 aromatic rings. The molecule has 0 aliphatic carbocycles. The molecule has 2 bridgehead atoms. The van der Waals surface area contributed by atoms with Crippen molar-refractivity contribution in [3.8, 4) is 0 Å². The molecule has 10 heteroatoms. The van der Waals surface area contributed by atoms with Crippen LogP contribution < -0.4 is 0 Å². The number of hydrogen-bond acceptors (Lipinski definition) is 8. The molecule has 218 valence electrons. The zero-order chi connectivity index (χ0) is 28.2. The Morgan fingerprint density at radius 3 is 2.64 bits per heavy atom. The van der Waals surface area contributed by atoms with Crippen molar-refractivity contribution >= 4 is 17.8 Å². The van der Waals surface area contributed by atoms with Crippen LogP contribution in [-0.4, -0.2) is 120 Å². The first-order valence-corrected chi connectivity index (χ1v) is 14.3. The van der Waals surface area contributed by atoms with Crippen LogP contribution in [0.5, 0.6) is 0 Å². The van der Waals surface area contributed by atoms with Gasteiger partial charge in [0.1, 0.15) is 17.6 Å². The van der Waals surface area contributed by atoms with Crippen LogP contribution in [0.15, 0.2) is 25.3 Å². The Hall–Kier alpha value is -2.27. The predicted octanol–water partition coefficient (Wildman–Crippen LogP) is 1.38. The van der Waals surface area contributed by atoms with Crippen LogP contribution in [0.2, 0.25) is 0 Å². The van der Waals surface area contributed by atoms with E-state index in [2.05, 4.69) is 18.1 Å². The first-order valence-electron chi connectivity index (χ1n) is 14.3. The Morgan fingerprint density at radius 2 is 1.97 bits per heavy atom. The lowest BCUT2D eigenvalue weighted by Gasteiger charge is -2.39. The number of ether oxygens (including phenoxy) is 3. The van der Waals surface area contributed by atoms with Gasteiger partial charge in [0.2, 0.25) is 11.8 Å². The summed E-state index contributed by atoms with van der Waals surface area (Å²) < 4.78 is 17.7. The van der Waals surface area contributed by atoms with E-state index in [-0.39, 0.29) is 25.0 Å². The van der Waals surface area contributed by atoms with E-state index in [0.29, 0.717) is 52.1 Å². The van der Waals surface area contributed by atoms with Gasteiger partial charge in [0.15, 0.2) is 0 Å². The van der Waals surface area contributed by atoms with Gasteiger partial charge in [0, 0.05) is 32.7 Å². The van der Waals surface area contributed by atoms with Crippen molar-refractivity contribution in [2.24, 2.45) is 11.8 Å². The second kappa shape index (κ2) is 12.5. The first kappa shape index (κ1) is 29.7. The second-order valence-electron chi connectivity index (χ2n) is 11.5. The molecule has 39 heavy (non-hydrogen) atoms. The molecule has 4 saturated heterocycles. The smallest absolute Gasteiger partial charge is 0.312 e. The highest BCUT2D eigenvalue weighted by molar-refractivity contribution is 5.98. The lowest BCUT2D eigenvalue weighted by molar-refractivity contribution is -0.161. The van der Waals surface area contributed by atoms with E-state index in [1.807, 2.05) is 13.0 Å². The van der Waals surface area contributed by atoms with Crippen LogP contribution in [0.3, 0.4) is 0 Å². The number of unbranched alkanes of at least 4 members (excludes halogenated alkanes) is 2. The highest BCUT2D eigenvalue weighted by Gasteiger charge is 2.78. The van der Waals surface area contributed by atoms with Gasteiger partial charge in [-0.1, -0.05) is 12.2 Å². The summed E-state index contributed by atoms with van der Waals surface area (Å²) in [4.78, 5) is 47.2. The quantitative estimate of drug-likeness (QED) is 0.197. The van der Waals surface area contributed by atoms with E-state index < -0.39 is 41.1 Å². The normalized spacial score (nSPS) is 32.6. The summed E-state index contributed by atoms with van der Waals surface area (Å²) in [6.07, 6.45) is 6.97. The molecule has 1 spiro atoms. The fourth-order valence-electron chi connectivity index (χ4n) is 6.92. The fourth-order valence-corrected chi connectivity index (χ4v) is 6.92. The molecular formula is C29H45N3O7. The number of allylic oxidation sites excluding steroid dienone is 1. The Kier molecular flexibility index (Phi) is 9.52. The molecule has 2 amide bonds. The molecule has 0 aromatic heterocycles. The topological polar surface area (TPSA) is 109 Å². The second-order valence-corrected chi connectivity index (χ2v) is 11.5. The van der Waals surface area contributed by atoms with E-state index in [4.69, 9.17) is 14.2 Å². The molecule has 4 aliphatic rings. The van der Waals surface area contributed by atoms with Crippen molar-refractivity contribution in [1.29, 1.82) is 0 Å². The number of amides is 2. The fraction of sp³-hybridized carbons (Fsp3) is 0.759. The molecule has 4 aliphatic heterocycles. The standard InChI is InChI=1S/C29H45N3O7/c1-5-7-8-9-17-38-27(36)23-22-25(34)32(21(3)20-33)24(29(22)11-10-28(23,4)39-29)26(35)31(12-6-2)14-13-30-15-18-37-19-16-30/h5-6,21-24,33H,1-2,7-20H2,3-4H3/t21-,22+,23-,24?,28+,29?/m1/s1. The number of hydrogen-bond donors (Lipinski definition) is 1. The number of nitrogens with zero attached hydrogens (tertiary/aromatic N) is 3. The maximum Gasteiger partial charge on any atom is 0.312 e. The number of esters is 1. The van der Waals surface area contributed by atoms with Crippen LogP contribution in [0.1, 0.15) is 46.0 Å². The highest BCUT2D eigenvalue weighted by atomic mass is 16.6. The lowest BCUT2D eigenvalue weighted by atomic mass is 9.66. The minimum Gasteiger partial charge on any atom is -0.465 e. The van der Waals surface area contributed by atoms with Gasteiger partial charge in [0.25, 0.3) is 0 Å². The van der Waals surface area contributed by atoms with Crippen molar-refractivity contribution in [3.05, 3.63) is 25.3 Å². The molecule has 2 unspecified atom stereocenters. The van der Waals surface area contributed by atoms with Crippen LogP contribution in [-0.2, 0) is 28.6 Å². The molecule has 0 saturated carbocycles. The number of morpholine rings is 1. The maximum absolute atomic E-state index is 14.3. The van der Waals surface area contributed by atoms with Gasteiger partial charge in [-0.2, -0.15) is 0 Å². The van der Waals surface area contributed by atoms with E-state index in [9.17, 15) is 19.5 Å². The number of rotatable bonds is 14. The van der Waals surface area contributed by atoms with Gasteiger partial charge in [-0.15, -0.1) is 13.2 Å². The maximum atomic E-state index is 14.3. The largest absolute Gasteiger partial charge is 0.465 e. The summed E-state index contributed by atoms with van der Waals surface area (Å²) in [6.45, 7) is 15.5. The van der Waals surface area contributed by atoms with E-state index in [0.717, 1.165) is 25.9 Å². The van der Waals surface area contributed by atoms with Crippen LogP contribution in [0.4, 0.5) is 0 Å². The van der Waals surface area contributed by atoms with Crippen molar-refractivity contribution in [1.82, 2.24) is 14.7 Å². The third-order valence-electron chi connectivity index (χ3n) is 8.94. The summed E-state index contributed by atoms with van der Waals surface area (Å²) in [7, 11) is 0. The average Bonchev–Trinajstić information content (AvgIpc) is 3.51. The Balaban J connectivity index is 1.59. The summed E-state index contributed by atoms with van der Waals surface area (Å²) in [6, 6.07) is -1.55. The van der Waals surface area contributed by atoms with Crippen molar-refractivity contribution in [2.45, 2.75) is 69.2 Å². The van der Waals surface area contributed by atoms with E-state index >= 15 is 0 Å². The van der Waals surface area contributed by atoms with Crippen molar-refractivity contribution < 1.29 is 33.7 Å². The van der Waals surface area contributed by atoms with Crippen molar-refractivity contribution in [2.75, 3.05) is 59.2 Å². The zero-order valence-corrected chi connectivity index (χ0v) is 23.5. The summed E-state index contributed by atoms with van der Waals surface area (Å²) in [5.41, 5.74) is -2.03. The summed E-state index contributed by atoms with van der Waals surface area (Å²) >= 11 is 0. The first-order chi connectivity index (χ1) is 18.7. The van der Waals surface area contributed by atoms with Gasteiger partial charge >= 0.3 is 5.97 Å². The van der Waals surface area contributed by atoms with Gasteiger partial charge < -0.3 is 29.1 Å². The van der Waals surface area contributed by atoms with Crippen LogP contribution >= 0.6 is 0 Å². The van der Waals surface area contributed by atoms with Crippen molar-refractivity contribution in [3.63, 3.8) is 0 Å². The average molecular weight is 548 g/mol. The molecular weight excluding hydrogens is 502 g/mol. The van der Waals surface area contributed by atoms with Gasteiger partial charge in [-0.3, -0.25) is 19.3 Å². The Bertz CT molecular complexity index is 938. The molecule has 4 heterocycles. The lowest BCUT2D eigenvalue weighted by Crippen LogP contribution is -2.59. The number of aliphatic hydroxyl groups is 1. The van der Waals surface area contributed by atoms with Gasteiger partial charge in [0.05, 0.1) is 44.0 Å². The third kappa shape index (κ3) is 5.53. The number of aliphatic hydroxyl groups excluding tert-OH is 1. The Labute approximate surface area is 231 Å². The number of likely N-dealkylation sites (tertiary alicyclic amines) is 1. The minimum absolute atomic E-state index is 0.234. The molecule has 4 rings (SSSR count). The molecule has 0 radical (unpaired) electrons. The SMILES string of the molecule is C=CCCCCOC(=O)[C@H]1[C@H]2C(=O)N([C@H](C)CO)C(C(=O)N(CC=C)CCN3CCOCC3)C23CC[C@]1(C)O3. The summed E-state index contributed by atoms with van der Waals surface area (Å²) in [5.74, 6) is -2.63. The highest BCUT2D eigenvalue weighted by Crippen LogP contribution is 2.63. The molecule has 0 aromatic carbocycles. The minimum atomic E-state index is -1.14. The molecule has 6 atom stereocenters. The monoisotopic (exact) mass is 547 g/mol. The van der Waals surface area contributed by atoms with Gasteiger partial charge in [-0.25, -0.2) is 0 Å². The summed E-state index contributed by atoms with van der Waals surface area (Å²) in [5, 5.41) is 10.1. The van der Waals surface area contributed by atoms with Crippen LogP contribution in [0, 0.1) is 11.8 Å². The number of fused-ring (bicyclic) bond motifs is 1. The molecule has 10 nitrogen and oxygen atoms in total. The van der Waals surface area contributed by atoms with E-state index in [1.54, 1.807) is 17.9 Å². The van der Waals surface area contributed by atoms with Gasteiger partial charge in [-0.05, 0) is 46.0 Å².